The molecule has 0 aliphatic rings. The van der Waals surface area contributed by atoms with Gasteiger partial charge >= 0.3 is 0 Å². The minimum absolute atomic E-state index is 0.00148. The van der Waals surface area contributed by atoms with Gasteiger partial charge in [0.15, 0.2) is 5.78 Å². The second-order valence-corrected chi connectivity index (χ2v) is 2.45. The van der Waals surface area contributed by atoms with Gasteiger partial charge in [0.2, 0.25) is 0 Å². The Kier molecular flexibility index (Phi) is 2.17. The molecule has 0 aliphatic carbocycles. The van der Waals surface area contributed by atoms with Gasteiger partial charge in [-0.3, -0.25) is 4.79 Å². The van der Waals surface area contributed by atoms with Crippen LogP contribution in [0.2, 0.25) is 0 Å². The third kappa shape index (κ3) is 1.47. The molecule has 0 unspecified atom stereocenters. The molecule has 1 aromatic carbocycles. The minimum Gasteiger partial charge on any atom is -0.508 e. The van der Waals surface area contributed by atoms with Crippen molar-refractivity contribution in [2.75, 3.05) is 0 Å². The molecule has 1 N–H and O–H groups in total. The summed E-state index contributed by atoms with van der Waals surface area (Å²) in [4.78, 5) is 10.8. The van der Waals surface area contributed by atoms with E-state index in [-0.39, 0.29) is 16.8 Å². The first-order valence-electron chi connectivity index (χ1n) is 3.31. The van der Waals surface area contributed by atoms with Crippen LogP contribution in [0, 0.1) is 5.82 Å². The van der Waals surface area contributed by atoms with Crippen LogP contribution in [0.4, 0.5) is 4.39 Å². The van der Waals surface area contributed by atoms with Gasteiger partial charge in [0, 0.05) is 6.07 Å². The van der Waals surface area contributed by atoms with Crippen LogP contribution in [0.1, 0.15) is 17.3 Å². The Morgan fingerprint density at radius 3 is 2.67 bits per heavy atom. The lowest BCUT2D eigenvalue weighted by Gasteiger charge is -2.02. The zero-order valence-corrected chi connectivity index (χ0v) is 6.47. The molecule has 1 aromatic rings. The maximum Gasteiger partial charge on any atom is 0.162 e. The number of carbonyl (C=O) groups excluding carboxylic acids is 1. The van der Waals surface area contributed by atoms with Gasteiger partial charge < -0.3 is 5.11 Å². The maximum atomic E-state index is 12.8. The molecule has 0 saturated heterocycles. The highest BCUT2D eigenvalue weighted by atomic mass is 19.1. The number of rotatable bonds is 1. The molecule has 0 heterocycles. The largest absolute Gasteiger partial charge is 0.508 e. The van der Waals surface area contributed by atoms with Crippen LogP contribution in [-0.2, 0) is 0 Å². The van der Waals surface area contributed by atoms with E-state index in [4.69, 9.17) is 13.0 Å². The smallest absolute Gasteiger partial charge is 0.162 e. The molecule has 1 rings (SSSR count). The number of aromatic hydroxyl groups is 1. The molecule has 60 valence electrons. The number of ketones is 1. The predicted octanol–water partition coefficient (Wildman–Crippen LogP) is 0.528. The molecule has 2 nitrogen and oxygen atoms in total. The predicted molar refractivity (Wildman–Crippen MR) is 43.5 cm³/mol. The van der Waals surface area contributed by atoms with Crippen molar-refractivity contribution in [3.05, 3.63) is 23.5 Å². The summed E-state index contributed by atoms with van der Waals surface area (Å²) in [7, 11) is 5.26. The molecule has 0 atom stereocenters. The summed E-state index contributed by atoms with van der Waals surface area (Å²) >= 11 is 0. The van der Waals surface area contributed by atoms with Crippen molar-refractivity contribution in [1.29, 1.82) is 0 Å². The molecule has 0 saturated carbocycles. The van der Waals surface area contributed by atoms with Crippen molar-refractivity contribution in [2.24, 2.45) is 0 Å². The van der Waals surface area contributed by atoms with Crippen LogP contribution >= 0.6 is 0 Å². The third-order valence-corrected chi connectivity index (χ3v) is 1.50. The lowest BCUT2D eigenvalue weighted by Crippen LogP contribution is -2.08. The molecule has 12 heavy (non-hydrogen) atoms. The third-order valence-electron chi connectivity index (χ3n) is 1.50. The van der Waals surface area contributed by atoms with E-state index in [1.54, 1.807) is 0 Å². The van der Waals surface area contributed by atoms with Gasteiger partial charge in [-0.2, -0.15) is 0 Å². The number of benzene rings is 1. The molecule has 2 radical (unpaired) electrons. The van der Waals surface area contributed by atoms with Crippen molar-refractivity contribution in [1.82, 2.24) is 0 Å². The fraction of sp³-hybridized carbons (Fsp3) is 0.125. The summed E-state index contributed by atoms with van der Waals surface area (Å²) in [5.41, 5.74) is -0.105. The number of carbonyl (C=O) groups is 1. The zero-order chi connectivity index (χ0) is 9.30. The van der Waals surface area contributed by atoms with E-state index in [2.05, 4.69) is 0 Å². The average Bonchev–Trinajstić information content (AvgIpc) is 1.96. The Morgan fingerprint density at radius 1 is 1.58 bits per heavy atom. The second-order valence-electron chi connectivity index (χ2n) is 2.45. The first-order chi connectivity index (χ1) is 5.52. The maximum absolute atomic E-state index is 12.8. The number of halogens is 1. The molecule has 0 fully saturated rings. The van der Waals surface area contributed by atoms with Gasteiger partial charge in [0.1, 0.15) is 19.4 Å². The van der Waals surface area contributed by atoms with Crippen LogP contribution in [-0.4, -0.2) is 18.7 Å². The number of hydrogen-bond acceptors (Lipinski definition) is 2. The lowest BCUT2D eigenvalue weighted by atomic mass is 9.92. The van der Waals surface area contributed by atoms with Gasteiger partial charge in [-0.05, 0) is 6.92 Å². The fourth-order valence-electron chi connectivity index (χ4n) is 0.849. The molecule has 4 heteroatoms. The summed E-state index contributed by atoms with van der Waals surface area (Å²) < 4.78 is 12.8. The first kappa shape index (κ1) is 8.78. The standard InChI is InChI=1S/C8H6BFO2/c1-4(11)5-2-6(9)8(12)3-7(5)10/h2-3,12H,1H3. The van der Waals surface area contributed by atoms with E-state index in [1.807, 2.05) is 0 Å². The van der Waals surface area contributed by atoms with Gasteiger partial charge in [-0.15, -0.1) is 0 Å². The van der Waals surface area contributed by atoms with Crippen molar-refractivity contribution < 1.29 is 14.3 Å². The summed E-state index contributed by atoms with van der Waals surface area (Å²) in [6.07, 6.45) is 0. The van der Waals surface area contributed by atoms with Crippen LogP contribution in [0.5, 0.6) is 5.75 Å². The molecule has 0 bridgehead atoms. The monoisotopic (exact) mass is 164 g/mol. The molecule has 0 spiro atoms. The van der Waals surface area contributed by atoms with Gasteiger partial charge in [-0.1, -0.05) is 11.5 Å². The molecule has 0 aromatic heterocycles. The van der Waals surface area contributed by atoms with E-state index in [1.165, 1.54) is 6.92 Å². The number of hydrogen-bond donors (Lipinski definition) is 1. The highest BCUT2D eigenvalue weighted by Gasteiger charge is 2.09. The van der Waals surface area contributed by atoms with E-state index >= 15 is 0 Å². The Balaban J connectivity index is 3.33. The van der Waals surface area contributed by atoms with E-state index < -0.39 is 11.6 Å². The van der Waals surface area contributed by atoms with Gasteiger partial charge in [0.25, 0.3) is 0 Å². The summed E-state index contributed by atoms with van der Waals surface area (Å²) in [5.74, 6) is -1.52. The van der Waals surface area contributed by atoms with Crippen molar-refractivity contribution >= 4 is 19.1 Å². The normalized spacial score (nSPS) is 9.83. The Bertz CT molecular complexity index is 336. The van der Waals surface area contributed by atoms with E-state index in [0.717, 1.165) is 12.1 Å². The number of Topliss-reactive ketones (excluding diaryl/α,β-unsaturated/α-hetero) is 1. The van der Waals surface area contributed by atoms with Crippen molar-refractivity contribution in [2.45, 2.75) is 6.92 Å². The van der Waals surface area contributed by atoms with Crippen molar-refractivity contribution in [3.8, 4) is 5.75 Å². The molecular weight excluding hydrogens is 158 g/mol. The Hall–Kier alpha value is -1.32. The quantitative estimate of drug-likeness (QED) is 0.485. The highest BCUT2D eigenvalue weighted by Crippen LogP contribution is 2.12. The summed E-state index contributed by atoms with van der Waals surface area (Å²) in [5, 5.41) is 8.93. The van der Waals surface area contributed by atoms with Gasteiger partial charge in [-0.25, -0.2) is 4.39 Å². The van der Waals surface area contributed by atoms with E-state index in [0.29, 0.717) is 0 Å². The average molecular weight is 164 g/mol. The lowest BCUT2D eigenvalue weighted by molar-refractivity contribution is 0.101. The fourth-order valence-corrected chi connectivity index (χ4v) is 0.849. The summed E-state index contributed by atoms with van der Waals surface area (Å²) in [6, 6.07) is 1.94. The highest BCUT2D eigenvalue weighted by molar-refractivity contribution is 6.34. The van der Waals surface area contributed by atoms with Crippen LogP contribution in [0.25, 0.3) is 0 Å². The van der Waals surface area contributed by atoms with Crippen LogP contribution < -0.4 is 5.46 Å². The Labute approximate surface area is 70.4 Å². The van der Waals surface area contributed by atoms with Crippen LogP contribution in [0.15, 0.2) is 12.1 Å². The number of phenolic OH excluding ortho intramolecular Hbond substituents is 1. The molecule has 0 aliphatic heterocycles. The minimum atomic E-state index is -0.755. The van der Waals surface area contributed by atoms with Gasteiger partial charge in [0.05, 0.1) is 5.56 Å². The Morgan fingerprint density at radius 2 is 2.17 bits per heavy atom. The number of phenols is 1. The van der Waals surface area contributed by atoms with E-state index in [9.17, 15) is 9.18 Å². The second kappa shape index (κ2) is 2.97. The van der Waals surface area contributed by atoms with Crippen LogP contribution in [0.3, 0.4) is 0 Å². The molecule has 0 amide bonds. The first-order valence-corrected chi connectivity index (χ1v) is 3.31. The zero-order valence-electron chi connectivity index (χ0n) is 6.47. The topological polar surface area (TPSA) is 37.3 Å². The van der Waals surface area contributed by atoms with Crippen molar-refractivity contribution in [3.63, 3.8) is 0 Å². The molecular formula is C8H6BFO2. The SMILES string of the molecule is [B]c1cc(C(C)=O)c(F)cc1O. The summed E-state index contributed by atoms with van der Waals surface area (Å²) in [6.45, 7) is 1.23.